The average molecular weight is 272 g/mol. The van der Waals surface area contributed by atoms with Crippen LogP contribution in [0.4, 0.5) is 0 Å². The standard InChI is InChI=1S/C11H20N4O2S/c1-10(2)9-18(16,17)14-7-3-11(4-8-14)15-12-5-6-13-15/h5-6,10-11H,3-4,7-9H2,1-2H3. The van der Waals surface area contributed by atoms with Crippen molar-refractivity contribution in [3.8, 4) is 0 Å². The molecule has 102 valence electrons. The average Bonchev–Trinajstić information content (AvgIpc) is 2.81. The van der Waals surface area contributed by atoms with Crippen LogP contribution in [0.2, 0.25) is 0 Å². The van der Waals surface area contributed by atoms with Gasteiger partial charge in [0.25, 0.3) is 0 Å². The molecule has 1 saturated heterocycles. The van der Waals surface area contributed by atoms with Crippen LogP contribution in [0.15, 0.2) is 12.4 Å². The number of sulfonamides is 1. The Labute approximate surface area is 108 Å². The molecule has 0 spiro atoms. The molecule has 0 aromatic carbocycles. The van der Waals surface area contributed by atoms with Gasteiger partial charge in [-0.15, -0.1) is 0 Å². The Bertz CT molecular complexity index is 461. The lowest BCUT2D eigenvalue weighted by Crippen LogP contribution is -2.41. The summed E-state index contributed by atoms with van der Waals surface area (Å²) in [5, 5.41) is 8.23. The van der Waals surface area contributed by atoms with Gasteiger partial charge >= 0.3 is 0 Å². The summed E-state index contributed by atoms with van der Waals surface area (Å²) in [6.45, 7) is 5.00. The Hall–Kier alpha value is -0.950. The van der Waals surface area contributed by atoms with Gasteiger partial charge in [-0.05, 0) is 18.8 Å². The van der Waals surface area contributed by atoms with Crippen LogP contribution in [0.3, 0.4) is 0 Å². The van der Waals surface area contributed by atoms with Crippen molar-refractivity contribution in [3.05, 3.63) is 12.4 Å². The van der Waals surface area contributed by atoms with Crippen molar-refractivity contribution in [2.24, 2.45) is 5.92 Å². The van der Waals surface area contributed by atoms with Crippen molar-refractivity contribution in [1.82, 2.24) is 19.3 Å². The monoisotopic (exact) mass is 272 g/mol. The van der Waals surface area contributed by atoms with Gasteiger partial charge < -0.3 is 0 Å². The zero-order chi connectivity index (χ0) is 13.2. The second kappa shape index (κ2) is 5.36. The molecule has 1 aromatic rings. The maximum atomic E-state index is 12.1. The Kier molecular flexibility index (Phi) is 4.01. The molecule has 0 unspecified atom stereocenters. The van der Waals surface area contributed by atoms with Crippen molar-refractivity contribution in [1.29, 1.82) is 0 Å². The van der Waals surface area contributed by atoms with E-state index >= 15 is 0 Å². The summed E-state index contributed by atoms with van der Waals surface area (Å²) in [6, 6.07) is 0.227. The SMILES string of the molecule is CC(C)CS(=O)(=O)N1CCC(n2nccn2)CC1. The lowest BCUT2D eigenvalue weighted by molar-refractivity contribution is 0.244. The molecule has 1 fully saturated rings. The summed E-state index contributed by atoms with van der Waals surface area (Å²) in [6.07, 6.45) is 4.88. The van der Waals surface area contributed by atoms with Crippen LogP contribution in [0.5, 0.6) is 0 Å². The van der Waals surface area contributed by atoms with Gasteiger partial charge in [0, 0.05) is 13.1 Å². The number of hydrogen-bond donors (Lipinski definition) is 0. The van der Waals surface area contributed by atoms with Crippen molar-refractivity contribution >= 4 is 10.0 Å². The molecule has 0 saturated carbocycles. The molecule has 0 atom stereocenters. The van der Waals surface area contributed by atoms with E-state index < -0.39 is 10.0 Å². The first-order valence-corrected chi connectivity index (χ1v) is 7.93. The summed E-state index contributed by atoms with van der Waals surface area (Å²) in [4.78, 5) is 1.69. The second-order valence-electron chi connectivity index (χ2n) is 5.15. The molecule has 1 aliphatic heterocycles. The highest BCUT2D eigenvalue weighted by atomic mass is 32.2. The fourth-order valence-corrected chi connectivity index (χ4v) is 4.11. The van der Waals surface area contributed by atoms with Gasteiger partial charge in [0.05, 0.1) is 24.2 Å². The molecule has 2 heterocycles. The first-order chi connectivity index (χ1) is 8.49. The van der Waals surface area contributed by atoms with Gasteiger partial charge in [-0.1, -0.05) is 13.8 Å². The van der Waals surface area contributed by atoms with Crippen LogP contribution in [0.25, 0.3) is 0 Å². The highest BCUT2D eigenvalue weighted by Gasteiger charge is 2.29. The summed E-state index contributed by atoms with van der Waals surface area (Å²) in [7, 11) is -3.09. The fraction of sp³-hybridized carbons (Fsp3) is 0.818. The third-order valence-electron chi connectivity index (χ3n) is 3.12. The van der Waals surface area contributed by atoms with Crippen molar-refractivity contribution in [3.63, 3.8) is 0 Å². The molecular formula is C11H20N4O2S. The normalized spacial score (nSPS) is 19.5. The molecule has 0 aliphatic carbocycles. The first kappa shape index (κ1) is 13.5. The van der Waals surface area contributed by atoms with E-state index in [1.54, 1.807) is 21.5 Å². The van der Waals surface area contributed by atoms with E-state index in [4.69, 9.17) is 0 Å². The van der Waals surface area contributed by atoms with Gasteiger partial charge in [0.15, 0.2) is 0 Å². The minimum absolute atomic E-state index is 0.167. The Morgan fingerprint density at radius 2 is 1.78 bits per heavy atom. The third-order valence-corrected chi connectivity index (χ3v) is 5.36. The number of nitrogens with zero attached hydrogens (tertiary/aromatic N) is 4. The molecule has 7 heteroatoms. The zero-order valence-electron chi connectivity index (χ0n) is 10.9. The maximum absolute atomic E-state index is 12.1. The molecule has 0 radical (unpaired) electrons. The summed E-state index contributed by atoms with van der Waals surface area (Å²) >= 11 is 0. The van der Waals surface area contributed by atoms with Gasteiger partial charge in [-0.25, -0.2) is 12.7 Å². The van der Waals surface area contributed by atoms with Crippen molar-refractivity contribution in [2.45, 2.75) is 32.7 Å². The topological polar surface area (TPSA) is 68.1 Å². The molecule has 2 rings (SSSR count). The summed E-state index contributed by atoms with van der Waals surface area (Å²) < 4.78 is 25.8. The highest BCUT2D eigenvalue weighted by molar-refractivity contribution is 7.89. The zero-order valence-corrected chi connectivity index (χ0v) is 11.7. The largest absolute Gasteiger partial charge is 0.214 e. The molecule has 0 bridgehead atoms. The molecule has 0 amide bonds. The van der Waals surface area contributed by atoms with E-state index in [-0.39, 0.29) is 17.7 Å². The van der Waals surface area contributed by atoms with E-state index in [0.29, 0.717) is 13.1 Å². The van der Waals surface area contributed by atoms with Crippen molar-refractivity contribution in [2.75, 3.05) is 18.8 Å². The predicted octanol–water partition coefficient (Wildman–Crippen LogP) is 0.901. The quantitative estimate of drug-likeness (QED) is 0.816. The Balaban J connectivity index is 1.94. The summed E-state index contributed by atoms with van der Waals surface area (Å²) in [5.74, 6) is 0.401. The van der Waals surface area contributed by atoms with Crippen LogP contribution < -0.4 is 0 Å². The molecule has 18 heavy (non-hydrogen) atoms. The molecule has 1 aromatic heterocycles. The lowest BCUT2D eigenvalue weighted by atomic mass is 10.1. The van der Waals surface area contributed by atoms with Crippen LogP contribution in [-0.4, -0.2) is 46.6 Å². The second-order valence-corrected chi connectivity index (χ2v) is 7.17. The third kappa shape index (κ3) is 3.08. The van der Waals surface area contributed by atoms with E-state index in [9.17, 15) is 8.42 Å². The molecule has 0 N–H and O–H groups in total. The minimum Gasteiger partial charge on any atom is -0.212 e. The van der Waals surface area contributed by atoms with Crippen LogP contribution >= 0.6 is 0 Å². The number of aromatic nitrogens is 3. The van der Waals surface area contributed by atoms with E-state index in [1.165, 1.54) is 0 Å². The number of piperidine rings is 1. The highest BCUT2D eigenvalue weighted by Crippen LogP contribution is 2.23. The van der Waals surface area contributed by atoms with E-state index in [1.807, 2.05) is 13.8 Å². The minimum atomic E-state index is -3.09. The molecular weight excluding hydrogens is 252 g/mol. The van der Waals surface area contributed by atoms with Gasteiger partial charge in [0.1, 0.15) is 0 Å². The summed E-state index contributed by atoms with van der Waals surface area (Å²) in [5.41, 5.74) is 0. The van der Waals surface area contributed by atoms with Gasteiger partial charge in [0.2, 0.25) is 10.0 Å². The van der Waals surface area contributed by atoms with E-state index in [0.717, 1.165) is 12.8 Å². The van der Waals surface area contributed by atoms with Crippen molar-refractivity contribution < 1.29 is 8.42 Å². The van der Waals surface area contributed by atoms with Gasteiger partial charge in [-0.2, -0.15) is 15.0 Å². The maximum Gasteiger partial charge on any atom is 0.214 e. The Morgan fingerprint density at radius 3 is 2.28 bits per heavy atom. The number of rotatable bonds is 4. The fourth-order valence-electron chi connectivity index (χ4n) is 2.29. The van der Waals surface area contributed by atoms with Crippen LogP contribution in [-0.2, 0) is 10.0 Å². The Morgan fingerprint density at radius 1 is 1.22 bits per heavy atom. The number of hydrogen-bond acceptors (Lipinski definition) is 4. The molecule has 6 nitrogen and oxygen atoms in total. The smallest absolute Gasteiger partial charge is 0.212 e. The van der Waals surface area contributed by atoms with E-state index in [2.05, 4.69) is 10.2 Å². The van der Waals surface area contributed by atoms with Gasteiger partial charge in [-0.3, -0.25) is 0 Å². The molecule has 1 aliphatic rings. The van der Waals surface area contributed by atoms with Crippen LogP contribution in [0, 0.1) is 5.92 Å². The predicted molar refractivity (Wildman–Crippen MR) is 68.5 cm³/mol. The van der Waals surface area contributed by atoms with Crippen LogP contribution in [0.1, 0.15) is 32.7 Å². The first-order valence-electron chi connectivity index (χ1n) is 6.32. The lowest BCUT2D eigenvalue weighted by Gasteiger charge is -2.31.